The number of rotatable bonds is 4. The van der Waals surface area contributed by atoms with Gasteiger partial charge in [-0.2, -0.15) is 0 Å². The molecule has 0 saturated carbocycles. The van der Waals surface area contributed by atoms with Gasteiger partial charge in [0.05, 0.1) is 12.1 Å². The van der Waals surface area contributed by atoms with Gasteiger partial charge in [0.15, 0.2) is 0 Å². The van der Waals surface area contributed by atoms with E-state index < -0.39 is 18.3 Å². The molecule has 0 aromatic heterocycles. The van der Waals surface area contributed by atoms with Crippen LogP contribution in [0.3, 0.4) is 0 Å². The molecule has 1 aliphatic rings. The van der Waals surface area contributed by atoms with Gasteiger partial charge in [0.1, 0.15) is 11.8 Å². The number of hydrogen-bond acceptors (Lipinski definition) is 4. The zero-order chi connectivity index (χ0) is 19.8. The van der Waals surface area contributed by atoms with E-state index in [2.05, 4.69) is 10.1 Å². The average Bonchev–Trinajstić information content (AvgIpc) is 2.83. The first-order chi connectivity index (χ1) is 12.6. The molecule has 1 atom stereocenters. The fourth-order valence-corrected chi connectivity index (χ4v) is 3.01. The van der Waals surface area contributed by atoms with Crippen molar-refractivity contribution >= 4 is 23.2 Å². The smallest absolute Gasteiger partial charge is 0.406 e. The Labute approximate surface area is 153 Å². The van der Waals surface area contributed by atoms with Gasteiger partial charge in [-0.25, -0.2) is 4.90 Å². The lowest BCUT2D eigenvalue weighted by molar-refractivity contribution is -0.274. The summed E-state index contributed by atoms with van der Waals surface area (Å²) in [4.78, 5) is 26.2. The van der Waals surface area contributed by atoms with Gasteiger partial charge in [-0.05, 0) is 49.7 Å². The van der Waals surface area contributed by atoms with E-state index in [1.807, 2.05) is 26.0 Å². The van der Waals surface area contributed by atoms with Crippen molar-refractivity contribution in [1.82, 2.24) is 0 Å². The molecule has 0 unspecified atom stereocenters. The van der Waals surface area contributed by atoms with Crippen LogP contribution in [0.2, 0.25) is 0 Å². The van der Waals surface area contributed by atoms with Crippen LogP contribution in [0.15, 0.2) is 42.5 Å². The third-order valence-electron chi connectivity index (χ3n) is 4.17. The number of benzene rings is 2. The number of hydrogen-bond donors (Lipinski definition) is 1. The van der Waals surface area contributed by atoms with Gasteiger partial charge in [0, 0.05) is 5.69 Å². The Morgan fingerprint density at radius 2 is 1.74 bits per heavy atom. The van der Waals surface area contributed by atoms with Gasteiger partial charge in [0.2, 0.25) is 5.91 Å². The summed E-state index contributed by atoms with van der Waals surface area (Å²) < 4.78 is 40.4. The van der Waals surface area contributed by atoms with Crippen molar-refractivity contribution in [2.45, 2.75) is 32.7 Å². The summed E-state index contributed by atoms with van der Waals surface area (Å²) in [6.45, 7) is 3.74. The minimum Gasteiger partial charge on any atom is -0.406 e. The standard InChI is InChI=1S/C19H17F3N2O3/c1-11-3-8-16(12(2)9-11)24-17(25)10-15(18(24)26)23-13-4-6-14(7-5-13)27-19(20,21)22/h3-9,15,23H,10H2,1-2H3/t15-/m0/s1. The molecule has 0 bridgehead atoms. The molecular weight excluding hydrogens is 361 g/mol. The van der Waals surface area contributed by atoms with Gasteiger partial charge >= 0.3 is 6.36 Å². The number of halogens is 3. The molecule has 0 aliphatic carbocycles. The molecule has 8 heteroatoms. The molecule has 1 N–H and O–H groups in total. The van der Waals surface area contributed by atoms with Crippen LogP contribution in [0.1, 0.15) is 17.5 Å². The molecule has 3 rings (SSSR count). The summed E-state index contributed by atoms with van der Waals surface area (Å²) in [5.41, 5.74) is 2.78. The summed E-state index contributed by atoms with van der Waals surface area (Å²) in [5.74, 6) is -1.09. The zero-order valence-electron chi connectivity index (χ0n) is 14.6. The summed E-state index contributed by atoms with van der Waals surface area (Å²) in [7, 11) is 0. The molecule has 0 radical (unpaired) electrons. The van der Waals surface area contributed by atoms with Crippen molar-refractivity contribution < 1.29 is 27.5 Å². The van der Waals surface area contributed by atoms with Crippen LogP contribution in [0.25, 0.3) is 0 Å². The van der Waals surface area contributed by atoms with Crippen molar-refractivity contribution in [2.24, 2.45) is 0 Å². The van der Waals surface area contributed by atoms with Crippen LogP contribution in [-0.2, 0) is 9.59 Å². The number of nitrogens with one attached hydrogen (secondary N) is 1. The van der Waals surface area contributed by atoms with E-state index in [0.717, 1.165) is 28.2 Å². The number of imide groups is 1. The average molecular weight is 378 g/mol. The fourth-order valence-electron chi connectivity index (χ4n) is 3.01. The molecule has 0 spiro atoms. The maximum absolute atomic E-state index is 12.7. The maximum Gasteiger partial charge on any atom is 0.573 e. The normalized spacial score (nSPS) is 17.4. The Hall–Kier alpha value is -3.03. The molecule has 27 heavy (non-hydrogen) atoms. The van der Waals surface area contributed by atoms with E-state index in [4.69, 9.17) is 0 Å². The highest BCUT2D eigenvalue weighted by atomic mass is 19.4. The minimum atomic E-state index is -4.77. The Bertz CT molecular complexity index is 879. The molecular formula is C19H17F3N2O3. The Morgan fingerprint density at radius 1 is 1.07 bits per heavy atom. The van der Waals surface area contributed by atoms with E-state index in [0.29, 0.717) is 11.4 Å². The number of anilines is 2. The van der Waals surface area contributed by atoms with Crippen molar-refractivity contribution in [1.29, 1.82) is 0 Å². The highest BCUT2D eigenvalue weighted by Gasteiger charge is 2.40. The highest BCUT2D eigenvalue weighted by molar-refractivity contribution is 6.23. The molecule has 1 saturated heterocycles. The number of carbonyl (C=O) groups excluding carboxylic acids is 2. The molecule has 2 aromatic carbocycles. The first kappa shape index (κ1) is 18.8. The molecule has 2 amide bonds. The second-order valence-electron chi connectivity index (χ2n) is 6.33. The van der Waals surface area contributed by atoms with Crippen molar-refractivity contribution in [3.05, 3.63) is 53.6 Å². The van der Waals surface area contributed by atoms with Gasteiger partial charge in [0.25, 0.3) is 5.91 Å². The predicted molar refractivity (Wildman–Crippen MR) is 93.6 cm³/mol. The topological polar surface area (TPSA) is 58.6 Å². The number of aryl methyl sites for hydroxylation is 2. The number of nitrogens with zero attached hydrogens (tertiary/aromatic N) is 1. The summed E-state index contributed by atoms with van der Waals surface area (Å²) >= 11 is 0. The lowest BCUT2D eigenvalue weighted by Crippen LogP contribution is -2.35. The third kappa shape index (κ3) is 4.21. The van der Waals surface area contributed by atoms with E-state index in [1.165, 1.54) is 12.1 Å². The largest absolute Gasteiger partial charge is 0.573 e. The quantitative estimate of drug-likeness (QED) is 0.819. The van der Waals surface area contributed by atoms with E-state index in [1.54, 1.807) is 6.07 Å². The summed E-state index contributed by atoms with van der Waals surface area (Å²) in [5, 5.41) is 2.89. The Kier molecular flexibility index (Phi) is 4.82. The van der Waals surface area contributed by atoms with Crippen LogP contribution in [0, 0.1) is 13.8 Å². The van der Waals surface area contributed by atoms with Gasteiger partial charge < -0.3 is 10.1 Å². The highest BCUT2D eigenvalue weighted by Crippen LogP contribution is 2.29. The third-order valence-corrected chi connectivity index (χ3v) is 4.17. The first-order valence-corrected chi connectivity index (χ1v) is 8.20. The zero-order valence-corrected chi connectivity index (χ0v) is 14.6. The van der Waals surface area contributed by atoms with Crippen LogP contribution in [-0.4, -0.2) is 24.2 Å². The lowest BCUT2D eigenvalue weighted by Gasteiger charge is -2.18. The maximum atomic E-state index is 12.7. The second kappa shape index (κ2) is 6.94. The van der Waals surface area contributed by atoms with E-state index >= 15 is 0 Å². The van der Waals surface area contributed by atoms with Crippen molar-refractivity contribution in [2.75, 3.05) is 10.2 Å². The number of carbonyl (C=O) groups is 2. The summed E-state index contributed by atoms with van der Waals surface area (Å²) in [6, 6.07) is 9.65. The van der Waals surface area contributed by atoms with Gasteiger partial charge in [-0.1, -0.05) is 17.7 Å². The van der Waals surface area contributed by atoms with Crippen LogP contribution in [0.4, 0.5) is 24.5 Å². The van der Waals surface area contributed by atoms with Gasteiger partial charge in [-0.15, -0.1) is 13.2 Å². The molecule has 1 aliphatic heterocycles. The number of alkyl halides is 3. The Morgan fingerprint density at radius 3 is 2.33 bits per heavy atom. The molecule has 2 aromatic rings. The minimum absolute atomic E-state index is 0.0348. The summed E-state index contributed by atoms with van der Waals surface area (Å²) in [6.07, 6.45) is -4.80. The second-order valence-corrected chi connectivity index (χ2v) is 6.33. The molecule has 1 heterocycles. The lowest BCUT2D eigenvalue weighted by atomic mass is 10.1. The van der Waals surface area contributed by atoms with Crippen LogP contribution in [0.5, 0.6) is 5.75 Å². The monoisotopic (exact) mass is 378 g/mol. The number of amides is 2. The molecule has 5 nitrogen and oxygen atoms in total. The van der Waals surface area contributed by atoms with Gasteiger partial charge in [-0.3, -0.25) is 9.59 Å². The fraction of sp³-hybridized carbons (Fsp3) is 0.263. The first-order valence-electron chi connectivity index (χ1n) is 8.20. The molecule has 1 fully saturated rings. The van der Waals surface area contributed by atoms with Crippen LogP contribution >= 0.6 is 0 Å². The van der Waals surface area contributed by atoms with E-state index in [-0.39, 0.29) is 18.1 Å². The van der Waals surface area contributed by atoms with Crippen molar-refractivity contribution in [3.63, 3.8) is 0 Å². The molecule has 142 valence electrons. The van der Waals surface area contributed by atoms with E-state index in [9.17, 15) is 22.8 Å². The Balaban J connectivity index is 1.73. The number of ether oxygens (including phenoxy) is 1. The van der Waals surface area contributed by atoms with Crippen LogP contribution < -0.4 is 15.0 Å². The predicted octanol–water partition coefficient (Wildman–Crippen LogP) is 3.95. The van der Waals surface area contributed by atoms with Crippen molar-refractivity contribution in [3.8, 4) is 5.75 Å². The SMILES string of the molecule is Cc1ccc(N2C(=O)C[C@H](Nc3ccc(OC(F)(F)F)cc3)C2=O)c(C)c1.